The van der Waals surface area contributed by atoms with Gasteiger partial charge in [-0.1, -0.05) is 28.1 Å². The fourth-order valence-electron chi connectivity index (χ4n) is 1.91. The van der Waals surface area contributed by atoms with Crippen molar-refractivity contribution in [2.75, 3.05) is 11.9 Å². The summed E-state index contributed by atoms with van der Waals surface area (Å²) >= 11 is 3.21. The van der Waals surface area contributed by atoms with E-state index in [1.54, 1.807) is 31.2 Å². The quantitative estimate of drug-likeness (QED) is 0.761. The summed E-state index contributed by atoms with van der Waals surface area (Å²) in [5, 5.41) is 2.52. The number of hydrogen-bond acceptors (Lipinski definition) is 3. The molecule has 0 heterocycles. The van der Waals surface area contributed by atoms with E-state index >= 15 is 0 Å². The first kappa shape index (κ1) is 18.6. The molecule has 1 amide bonds. The molecule has 2 aromatic rings. The minimum atomic E-state index is -3.68. The molecule has 0 aliphatic heterocycles. The fourth-order valence-corrected chi connectivity index (χ4v) is 3.54. The summed E-state index contributed by atoms with van der Waals surface area (Å²) in [6, 6.07) is 10.6. The summed E-state index contributed by atoms with van der Waals surface area (Å²) in [6.07, 6.45) is -0.0667. The van der Waals surface area contributed by atoms with Gasteiger partial charge in [0.2, 0.25) is 15.9 Å². The Kier molecular flexibility index (Phi) is 6.09. The zero-order valence-electron chi connectivity index (χ0n) is 12.8. The number of rotatable bonds is 6. The third-order valence-electron chi connectivity index (χ3n) is 3.21. The van der Waals surface area contributed by atoms with Crippen molar-refractivity contribution in [2.24, 2.45) is 0 Å². The SMILES string of the molecule is Cc1ccc(NC(=O)CCNS(=O)(=O)c2cccc(Br)c2)cc1F. The van der Waals surface area contributed by atoms with E-state index in [2.05, 4.69) is 26.0 Å². The Morgan fingerprint density at radius 3 is 2.62 bits per heavy atom. The molecule has 2 rings (SSSR count). The third-order valence-corrected chi connectivity index (χ3v) is 5.16. The molecule has 8 heteroatoms. The Hall–Kier alpha value is -1.77. The Bertz CT molecular complexity index is 856. The van der Waals surface area contributed by atoms with Crippen LogP contribution in [0.25, 0.3) is 0 Å². The molecule has 0 aliphatic carbocycles. The third kappa shape index (κ3) is 5.12. The minimum absolute atomic E-state index is 0.0605. The number of nitrogens with one attached hydrogen (secondary N) is 2. The first-order valence-electron chi connectivity index (χ1n) is 7.09. The van der Waals surface area contributed by atoms with Crippen LogP contribution in [0.15, 0.2) is 51.8 Å². The van der Waals surface area contributed by atoms with E-state index in [4.69, 9.17) is 0 Å². The molecular weight excluding hydrogens is 399 g/mol. The lowest BCUT2D eigenvalue weighted by atomic mass is 10.2. The zero-order valence-corrected chi connectivity index (χ0v) is 15.2. The molecule has 0 radical (unpaired) electrons. The molecular formula is C16H16BrFN2O3S. The number of halogens is 2. The number of amides is 1. The van der Waals surface area contributed by atoms with Crippen molar-refractivity contribution in [3.63, 3.8) is 0 Å². The number of hydrogen-bond donors (Lipinski definition) is 2. The van der Waals surface area contributed by atoms with E-state index in [1.165, 1.54) is 18.2 Å². The van der Waals surface area contributed by atoms with Crippen molar-refractivity contribution in [2.45, 2.75) is 18.2 Å². The van der Waals surface area contributed by atoms with Crippen molar-refractivity contribution in [3.05, 3.63) is 58.3 Å². The highest BCUT2D eigenvalue weighted by molar-refractivity contribution is 9.10. The number of benzene rings is 2. The Balaban J connectivity index is 1.89. The molecule has 2 aromatic carbocycles. The highest BCUT2D eigenvalue weighted by Gasteiger charge is 2.14. The fraction of sp³-hybridized carbons (Fsp3) is 0.188. The maximum Gasteiger partial charge on any atom is 0.240 e. The van der Waals surface area contributed by atoms with Crippen LogP contribution < -0.4 is 10.0 Å². The van der Waals surface area contributed by atoms with Crippen molar-refractivity contribution < 1.29 is 17.6 Å². The van der Waals surface area contributed by atoms with Gasteiger partial charge in [-0.05, 0) is 42.8 Å². The molecule has 0 atom stereocenters. The molecule has 0 bridgehead atoms. The van der Waals surface area contributed by atoms with E-state index in [-0.39, 0.29) is 17.9 Å². The second-order valence-corrected chi connectivity index (χ2v) is 7.80. The maximum absolute atomic E-state index is 13.4. The van der Waals surface area contributed by atoms with Gasteiger partial charge in [0, 0.05) is 23.1 Å². The molecule has 24 heavy (non-hydrogen) atoms. The van der Waals surface area contributed by atoms with Crippen LogP contribution in [0.2, 0.25) is 0 Å². The van der Waals surface area contributed by atoms with Gasteiger partial charge in [-0.25, -0.2) is 17.5 Å². The maximum atomic E-state index is 13.4. The van der Waals surface area contributed by atoms with E-state index in [0.717, 1.165) is 0 Å². The molecule has 0 fully saturated rings. The van der Waals surface area contributed by atoms with Crippen molar-refractivity contribution in [1.82, 2.24) is 4.72 Å². The lowest BCUT2D eigenvalue weighted by molar-refractivity contribution is -0.116. The second kappa shape index (κ2) is 7.87. The van der Waals surface area contributed by atoms with E-state index in [0.29, 0.717) is 15.7 Å². The Morgan fingerprint density at radius 2 is 1.96 bits per heavy atom. The summed E-state index contributed by atoms with van der Waals surface area (Å²) in [4.78, 5) is 11.9. The summed E-state index contributed by atoms with van der Waals surface area (Å²) in [5.74, 6) is -0.821. The monoisotopic (exact) mass is 414 g/mol. The van der Waals surface area contributed by atoms with Gasteiger partial charge in [-0.3, -0.25) is 4.79 Å². The number of carbonyl (C=O) groups excluding carboxylic acids is 1. The highest BCUT2D eigenvalue weighted by atomic mass is 79.9. The molecule has 0 saturated carbocycles. The number of anilines is 1. The molecule has 2 N–H and O–H groups in total. The highest BCUT2D eigenvalue weighted by Crippen LogP contribution is 2.16. The van der Waals surface area contributed by atoms with Gasteiger partial charge >= 0.3 is 0 Å². The average molecular weight is 415 g/mol. The van der Waals surface area contributed by atoms with E-state index in [1.807, 2.05) is 0 Å². The van der Waals surface area contributed by atoms with E-state index in [9.17, 15) is 17.6 Å². The lowest BCUT2D eigenvalue weighted by Crippen LogP contribution is -2.27. The van der Waals surface area contributed by atoms with Gasteiger partial charge in [0.1, 0.15) is 5.82 Å². The summed E-state index contributed by atoms with van der Waals surface area (Å²) in [7, 11) is -3.68. The second-order valence-electron chi connectivity index (χ2n) is 5.12. The smallest absolute Gasteiger partial charge is 0.240 e. The number of aryl methyl sites for hydroxylation is 1. The molecule has 0 aromatic heterocycles. The lowest BCUT2D eigenvalue weighted by Gasteiger charge is -2.08. The molecule has 0 saturated heterocycles. The number of carbonyl (C=O) groups is 1. The van der Waals surface area contributed by atoms with E-state index < -0.39 is 21.7 Å². The van der Waals surface area contributed by atoms with Gasteiger partial charge in [0.25, 0.3) is 0 Å². The summed E-state index contributed by atoms with van der Waals surface area (Å²) < 4.78 is 40.6. The predicted octanol–water partition coefficient (Wildman–Crippen LogP) is 3.20. The van der Waals surface area contributed by atoms with Gasteiger partial charge in [-0.2, -0.15) is 0 Å². The average Bonchev–Trinajstić information content (AvgIpc) is 2.51. The Labute approximate surface area is 148 Å². The molecule has 0 spiro atoms. The molecule has 5 nitrogen and oxygen atoms in total. The number of sulfonamides is 1. The molecule has 128 valence electrons. The Morgan fingerprint density at radius 1 is 1.21 bits per heavy atom. The van der Waals surface area contributed by atoms with Crippen LogP contribution in [-0.4, -0.2) is 20.9 Å². The van der Waals surface area contributed by atoms with Gasteiger partial charge in [-0.15, -0.1) is 0 Å². The van der Waals surface area contributed by atoms with Crippen LogP contribution in [0.3, 0.4) is 0 Å². The van der Waals surface area contributed by atoms with Crippen LogP contribution in [-0.2, 0) is 14.8 Å². The zero-order chi connectivity index (χ0) is 17.7. The normalized spacial score (nSPS) is 11.3. The summed E-state index contributed by atoms with van der Waals surface area (Å²) in [6.45, 7) is 1.56. The van der Waals surface area contributed by atoms with Crippen molar-refractivity contribution >= 4 is 37.5 Å². The van der Waals surface area contributed by atoms with Crippen molar-refractivity contribution in [1.29, 1.82) is 0 Å². The standard InChI is InChI=1S/C16H16BrFN2O3S/c1-11-5-6-13(10-15(11)18)20-16(21)7-8-19-24(22,23)14-4-2-3-12(17)9-14/h2-6,9-10,19H,7-8H2,1H3,(H,20,21). The molecule has 0 aliphatic rings. The largest absolute Gasteiger partial charge is 0.326 e. The first-order chi connectivity index (χ1) is 11.3. The van der Waals surface area contributed by atoms with Crippen molar-refractivity contribution in [3.8, 4) is 0 Å². The van der Waals surface area contributed by atoms with Crippen LogP contribution in [0.5, 0.6) is 0 Å². The van der Waals surface area contributed by atoms with Gasteiger partial charge in [0.15, 0.2) is 0 Å². The predicted molar refractivity (Wildman–Crippen MR) is 93.7 cm³/mol. The van der Waals surface area contributed by atoms with Crippen LogP contribution >= 0.6 is 15.9 Å². The van der Waals surface area contributed by atoms with Crippen LogP contribution in [0.1, 0.15) is 12.0 Å². The minimum Gasteiger partial charge on any atom is -0.326 e. The summed E-state index contributed by atoms with van der Waals surface area (Å²) in [5.41, 5.74) is 0.813. The molecule has 0 unspecified atom stereocenters. The van der Waals surface area contributed by atoms with Crippen LogP contribution in [0.4, 0.5) is 10.1 Å². The topological polar surface area (TPSA) is 75.3 Å². The van der Waals surface area contributed by atoms with Gasteiger partial charge in [0.05, 0.1) is 4.90 Å². The first-order valence-corrected chi connectivity index (χ1v) is 9.37. The van der Waals surface area contributed by atoms with Gasteiger partial charge < -0.3 is 5.32 Å². The van der Waals surface area contributed by atoms with Crippen LogP contribution in [0, 0.1) is 12.7 Å².